The smallest absolute Gasteiger partial charge is 0.270 e. The van der Waals surface area contributed by atoms with E-state index in [1.165, 1.54) is 0 Å². The summed E-state index contributed by atoms with van der Waals surface area (Å²) < 4.78 is 10.6. The van der Waals surface area contributed by atoms with Crippen LogP contribution in [0.2, 0.25) is 0 Å². The van der Waals surface area contributed by atoms with Crippen molar-refractivity contribution in [2.24, 2.45) is 0 Å². The van der Waals surface area contributed by atoms with E-state index in [1.807, 2.05) is 6.92 Å². The van der Waals surface area contributed by atoms with Crippen LogP contribution in [-0.2, 0) is 0 Å². The molecule has 0 aliphatic carbocycles. The minimum Gasteiger partial charge on any atom is -0.493 e. The zero-order valence-electron chi connectivity index (χ0n) is 15.2. The lowest BCUT2D eigenvalue weighted by molar-refractivity contribution is 0.0532. The molecular formula is C19H23N3O4. The van der Waals surface area contributed by atoms with Gasteiger partial charge in [0.15, 0.2) is 11.5 Å². The summed E-state index contributed by atoms with van der Waals surface area (Å²) in [5.41, 5.74) is 1.99. The summed E-state index contributed by atoms with van der Waals surface area (Å²) in [6, 6.07) is 7.07. The molecule has 0 radical (unpaired) electrons. The number of nitrogens with zero attached hydrogens (tertiary/aromatic N) is 2. The van der Waals surface area contributed by atoms with Crippen LogP contribution in [0.15, 0.2) is 30.5 Å². The van der Waals surface area contributed by atoms with Crippen molar-refractivity contribution >= 4 is 11.8 Å². The van der Waals surface area contributed by atoms with Crippen LogP contribution in [0.1, 0.15) is 26.4 Å². The second-order valence-corrected chi connectivity index (χ2v) is 6.19. The third kappa shape index (κ3) is 3.37. The second kappa shape index (κ2) is 7.51. The Morgan fingerprint density at radius 2 is 1.54 bits per heavy atom. The fraction of sp³-hybridized carbons (Fsp3) is 0.368. The standard InChI is InChI=1S/C19H23N3O4/c1-13-11-16(25-2)17(26-3)12-14(13)18(23)21-7-9-22(10-8-21)19(24)15-5-4-6-20-15/h4-6,11-12,20H,7-10H2,1-3H3. The van der Waals surface area contributed by atoms with E-state index in [0.29, 0.717) is 48.9 Å². The first kappa shape index (κ1) is 17.8. The summed E-state index contributed by atoms with van der Waals surface area (Å²) in [6.45, 7) is 3.89. The highest BCUT2D eigenvalue weighted by atomic mass is 16.5. The van der Waals surface area contributed by atoms with Crippen LogP contribution in [-0.4, -0.2) is 67.0 Å². The molecule has 26 heavy (non-hydrogen) atoms. The number of methoxy groups -OCH3 is 2. The lowest BCUT2D eigenvalue weighted by atomic mass is 10.1. The molecule has 0 spiro atoms. The number of ether oxygens (including phenoxy) is 2. The average Bonchev–Trinajstić information content (AvgIpc) is 3.21. The van der Waals surface area contributed by atoms with Gasteiger partial charge in [0.1, 0.15) is 5.69 Å². The number of aryl methyl sites for hydroxylation is 1. The maximum Gasteiger partial charge on any atom is 0.270 e. The molecule has 2 aromatic rings. The topological polar surface area (TPSA) is 74.9 Å². The Kier molecular flexibility index (Phi) is 5.16. The van der Waals surface area contributed by atoms with E-state index < -0.39 is 0 Å². The lowest BCUT2D eigenvalue weighted by Crippen LogP contribution is -2.50. The van der Waals surface area contributed by atoms with E-state index in [4.69, 9.17) is 9.47 Å². The van der Waals surface area contributed by atoms with Crippen LogP contribution < -0.4 is 9.47 Å². The Bertz CT molecular complexity index is 793. The molecule has 2 amide bonds. The fourth-order valence-corrected chi connectivity index (χ4v) is 3.13. The number of nitrogens with one attached hydrogen (secondary N) is 1. The number of piperazine rings is 1. The number of hydrogen-bond donors (Lipinski definition) is 1. The number of hydrogen-bond acceptors (Lipinski definition) is 4. The zero-order chi connectivity index (χ0) is 18.7. The predicted molar refractivity (Wildman–Crippen MR) is 96.9 cm³/mol. The Morgan fingerprint density at radius 3 is 2.08 bits per heavy atom. The number of aromatic nitrogens is 1. The number of aromatic amines is 1. The first-order chi connectivity index (χ1) is 12.5. The highest BCUT2D eigenvalue weighted by Gasteiger charge is 2.27. The molecule has 7 nitrogen and oxygen atoms in total. The van der Waals surface area contributed by atoms with Crippen molar-refractivity contribution in [2.75, 3.05) is 40.4 Å². The van der Waals surface area contributed by atoms with Gasteiger partial charge in [0.05, 0.1) is 14.2 Å². The Hall–Kier alpha value is -2.96. The van der Waals surface area contributed by atoms with Gasteiger partial charge in [-0.25, -0.2) is 0 Å². The zero-order valence-corrected chi connectivity index (χ0v) is 15.2. The second-order valence-electron chi connectivity index (χ2n) is 6.19. The summed E-state index contributed by atoms with van der Waals surface area (Å²) in [4.78, 5) is 31.7. The van der Waals surface area contributed by atoms with Crippen molar-refractivity contribution in [2.45, 2.75) is 6.92 Å². The van der Waals surface area contributed by atoms with E-state index in [0.717, 1.165) is 5.56 Å². The SMILES string of the molecule is COc1cc(C)c(C(=O)N2CCN(C(=O)c3ccc[nH]3)CC2)cc1OC. The lowest BCUT2D eigenvalue weighted by Gasteiger charge is -2.35. The molecule has 3 rings (SSSR count). The molecule has 1 fully saturated rings. The highest BCUT2D eigenvalue weighted by Crippen LogP contribution is 2.31. The van der Waals surface area contributed by atoms with E-state index >= 15 is 0 Å². The van der Waals surface area contributed by atoms with Gasteiger partial charge in [-0.05, 0) is 36.8 Å². The Balaban J connectivity index is 1.70. The molecule has 0 bridgehead atoms. The predicted octanol–water partition coefficient (Wildman–Crippen LogP) is 1.94. The summed E-state index contributed by atoms with van der Waals surface area (Å²) in [7, 11) is 3.12. The van der Waals surface area contributed by atoms with Gasteiger partial charge in [0.2, 0.25) is 0 Å². The van der Waals surface area contributed by atoms with Gasteiger partial charge in [-0.3, -0.25) is 9.59 Å². The third-order valence-corrected chi connectivity index (χ3v) is 4.64. The van der Waals surface area contributed by atoms with Crippen molar-refractivity contribution in [3.63, 3.8) is 0 Å². The molecule has 0 saturated carbocycles. The number of benzene rings is 1. The number of amides is 2. The minimum absolute atomic E-state index is 0.0376. The number of carbonyl (C=O) groups is 2. The third-order valence-electron chi connectivity index (χ3n) is 4.64. The summed E-state index contributed by atoms with van der Waals surface area (Å²) in [5, 5.41) is 0. The molecule has 0 unspecified atom stereocenters. The van der Waals surface area contributed by atoms with Crippen molar-refractivity contribution in [3.8, 4) is 11.5 Å². The molecule has 1 aliphatic heterocycles. The molecule has 0 atom stereocenters. The molecule has 1 aliphatic rings. The summed E-state index contributed by atoms with van der Waals surface area (Å²) in [6.07, 6.45) is 1.73. The van der Waals surface area contributed by atoms with E-state index in [-0.39, 0.29) is 11.8 Å². The fourth-order valence-electron chi connectivity index (χ4n) is 3.13. The van der Waals surface area contributed by atoms with Crippen LogP contribution in [0.4, 0.5) is 0 Å². The van der Waals surface area contributed by atoms with Crippen LogP contribution in [0.25, 0.3) is 0 Å². The molecule has 1 N–H and O–H groups in total. The average molecular weight is 357 g/mol. The van der Waals surface area contributed by atoms with Gasteiger partial charge in [0, 0.05) is 37.9 Å². The number of H-pyrrole nitrogens is 1. The molecule has 2 heterocycles. The minimum atomic E-state index is -0.0598. The monoisotopic (exact) mass is 357 g/mol. The van der Waals surface area contributed by atoms with Crippen LogP contribution in [0.3, 0.4) is 0 Å². The van der Waals surface area contributed by atoms with Crippen molar-refractivity contribution in [1.29, 1.82) is 0 Å². The first-order valence-corrected chi connectivity index (χ1v) is 8.49. The van der Waals surface area contributed by atoms with Crippen molar-refractivity contribution < 1.29 is 19.1 Å². The molecular weight excluding hydrogens is 334 g/mol. The van der Waals surface area contributed by atoms with Crippen molar-refractivity contribution in [1.82, 2.24) is 14.8 Å². The summed E-state index contributed by atoms with van der Waals surface area (Å²) in [5.74, 6) is 1.03. The van der Waals surface area contributed by atoms with Gasteiger partial charge in [-0.15, -0.1) is 0 Å². The quantitative estimate of drug-likeness (QED) is 0.907. The molecule has 1 aromatic heterocycles. The largest absolute Gasteiger partial charge is 0.493 e. The number of carbonyl (C=O) groups excluding carboxylic acids is 2. The van der Waals surface area contributed by atoms with Gasteiger partial charge in [0.25, 0.3) is 11.8 Å². The van der Waals surface area contributed by atoms with Gasteiger partial charge in [-0.2, -0.15) is 0 Å². The normalized spacial score (nSPS) is 14.3. The van der Waals surface area contributed by atoms with Crippen molar-refractivity contribution in [3.05, 3.63) is 47.3 Å². The molecule has 1 aromatic carbocycles. The number of rotatable bonds is 4. The Morgan fingerprint density at radius 1 is 0.962 bits per heavy atom. The van der Waals surface area contributed by atoms with Gasteiger partial charge in [-0.1, -0.05) is 0 Å². The van der Waals surface area contributed by atoms with E-state index in [9.17, 15) is 9.59 Å². The molecule has 1 saturated heterocycles. The van der Waals surface area contributed by atoms with Crippen LogP contribution in [0, 0.1) is 6.92 Å². The maximum absolute atomic E-state index is 12.9. The van der Waals surface area contributed by atoms with Crippen LogP contribution in [0.5, 0.6) is 11.5 Å². The molecule has 138 valence electrons. The van der Waals surface area contributed by atoms with E-state index in [1.54, 1.807) is 54.5 Å². The van der Waals surface area contributed by atoms with E-state index in [2.05, 4.69) is 4.98 Å². The Labute approximate surface area is 152 Å². The first-order valence-electron chi connectivity index (χ1n) is 8.49. The van der Waals surface area contributed by atoms with Gasteiger partial charge < -0.3 is 24.3 Å². The van der Waals surface area contributed by atoms with Gasteiger partial charge >= 0.3 is 0 Å². The van der Waals surface area contributed by atoms with Crippen LogP contribution >= 0.6 is 0 Å². The molecule has 7 heteroatoms. The summed E-state index contributed by atoms with van der Waals surface area (Å²) >= 11 is 0. The highest BCUT2D eigenvalue weighted by molar-refractivity contribution is 5.97. The maximum atomic E-state index is 12.9.